The molecule has 0 spiro atoms. The van der Waals surface area contributed by atoms with E-state index in [1.165, 1.54) is 18.5 Å². The summed E-state index contributed by atoms with van der Waals surface area (Å²) in [5, 5.41) is 12.6. The summed E-state index contributed by atoms with van der Waals surface area (Å²) in [5.41, 5.74) is 2.96. The molecule has 0 bridgehead atoms. The monoisotopic (exact) mass is 273 g/mol. The molecule has 1 aliphatic heterocycles. The van der Waals surface area contributed by atoms with Crippen molar-refractivity contribution < 1.29 is 4.74 Å². The van der Waals surface area contributed by atoms with Gasteiger partial charge in [-0.2, -0.15) is 5.26 Å². The number of aryl methyl sites for hydroxylation is 1. The molecule has 2 rings (SSSR count). The van der Waals surface area contributed by atoms with E-state index in [2.05, 4.69) is 22.4 Å². The number of ether oxygens (including phenoxy) is 1. The molecule has 1 heterocycles. The highest BCUT2D eigenvalue weighted by Crippen LogP contribution is 2.20. The van der Waals surface area contributed by atoms with Crippen molar-refractivity contribution in [1.29, 1.82) is 5.26 Å². The van der Waals surface area contributed by atoms with Crippen molar-refractivity contribution in [3.63, 3.8) is 0 Å². The number of anilines is 1. The van der Waals surface area contributed by atoms with Crippen LogP contribution in [0.2, 0.25) is 0 Å². The summed E-state index contributed by atoms with van der Waals surface area (Å²) in [5.74, 6) is 0. The van der Waals surface area contributed by atoms with Gasteiger partial charge in [0.05, 0.1) is 18.2 Å². The third-order valence-electron chi connectivity index (χ3n) is 3.86. The third-order valence-corrected chi connectivity index (χ3v) is 3.86. The normalized spacial score (nSPS) is 17.9. The molecule has 4 nitrogen and oxygen atoms in total. The predicted octanol–water partition coefficient (Wildman–Crippen LogP) is 2.07. The zero-order valence-electron chi connectivity index (χ0n) is 12.4. The smallest absolute Gasteiger partial charge is 0.0994 e. The summed E-state index contributed by atoms with van der Waals surface area (Å²) in [6.07, 6.45) is 2.49. The Morgan fingerprint density at radius 1 is 1.50 bits per heavy atom. The van der Waals surface area contributed by atoms with Crippen LogP contribution in [0.5, 0.6) is 0 Å². The highest BCUT2D eigenvalue weighted by atomic mass is 16.5. The molecule has 1 fully saturated rings. The third kappa shape index (κ3) is 3.72. The Balaban J connectivity index is 2.12. The number of nitrogens with zero attached hydrogens (tertiary/aromatic N) is 2. The molecule has 0 radical (unpaired) electrons. The van der Waals surface area contributed by atoms with Gasteiger partial charge in [-0.05, 0) is 50.1 Å². The molecule has 1 aliphatic rings. The Morgan fingerprint density at radius 3 is 2.95 bits per heavy atom. The lowest BCUT2D eigenvalue weighted by atomic mass is 10.1. The lowest BCUT2D eigenvalue weighted by molar-refractivity contribution is 0.204. The minimum Gasteiger partial charge on any atom is -0.383 e. The highest BCUT2D eigenvalue weighted by Gasteiger charge is 2.18. The van der Waals surface area contributed by atoms with E-state index in [9.17, 15) is 0 Å². The molecule has 1 aromatic rings. The predicted molar refractivity (Wildman–Crippen MR) is 81.0 cm³/mol. The molecule has 108 valence electrons. The van der Waals surface area contributed by atoms with Crippen LogP contribution in [0.3, 0.4) is 0 Å². The van der Waals surface area contributed by atoms with Crippen molar-refractivity contribution in [1.82, 2.24) is 5.32 Å². The minimum atomic E-state index is 0.558. The molecule has 0 aromatic heterocycles. The molecule has 0 saturated carbocycles. The number of benzene rings is 1. The first-order chi connectivity index (χ1) is 9.74. The Hall–Kier alpha value is -1.57. The van der Waals surface area contributed by atoms with Gasteiger partial charge < -0.3 is 15.0 Å². The average Bonchev–Trinajstić information content (AvgIpc) is 2.96. The van der Waals surface area contributed by atoms with E-state index in [1.807, 2.05) is 19.1 Å². The first-order valence-electron chi connectivity index (χ1n) is 7.22. The number of nitrogens with one attached hydrogen (secondary N) is 1. The largest absolute Gasteiger partial charge is 0.383 e. The topological polar surface area (TPSA) is 48.3 Å². The molecular weight excluding hydrogens is 250 g/mol. The molecular formula is C16H23N3O. The van der Waals surface area contributed by atoms with Crippen molar-refractivity contribution in [3.8, 4) is 6.07 Å². The number of methoxy groups -OCH3 is 1. The van der Waals surface area contributed by atoms with Gasteiger partial charge in [-0.1, -0.05) is 0 Å². The number of nitriles is 1. The van der Waals surface area contributed by atoms with Crippen LogP contribution in [0.1, 0.15) is 24.0 Å². The molecule has 1 N–H and O–H groups in total. The molecule has 1 atom stereocenters. The summed E-state index contributed by atoms with van der Waals surface area (Å²) in [4.78, 5) is 2.35. The average molecular weight is 273 g/mol. The van der Waals surface area contributed by atoms with E-state index in [0.29, 0.717) is 12.6 Å². The SMILES string of the molecule is COCCN(CC1CCCN1)c1ccc(C#N)c(C)c1. The number of rotatable bonds is 6. The van der Waals surface area contributed by atoms with Crippen LogP contribution in [0.15, 0.2) is 18.2 Å². The van der Waals surface area contributed by atoms with Crippen molar-refractivity contribution in [2.75, 3.05) is 38.3 Å². The number of hydrogen-bond acceptors (Lipinski definition) is 4. The van der Waals surface area contributed by atoms with Crippen LogP contribution in [0, 0.1) is 18.3 Å². The van der Waals surface area contributed by atoms with E-state index in [0.717, 1.165) is 30.8 Å². The van der Waals surface area contributed by atoms with Gasteiger partial charge in [0.25, 0.3) is 0 Å². The molecule has 20 heavy (non-hydrogen) atoms. The van der Waals surface area contributed by atoms with E-state index >= 15 is 0 Å². The maximum Gasteiger partial charge on any atom is 0.0994 e. The van der Waals surface area contributed by atoms with Gasteiger partial charge in [0.1, 0.15) is 0 Å². The minimum absolute atomic E-state index is 0.558. The van der Waals surface area contributed by atoms with Gasteiger partial charge in [-0.15, -0.1) is 0 Å². The summed E-state index contributed by atoms with van der Waals surface area (Å²) in [6.45, 7) is 5.69. The highest BCUT2D eigenvalue weighted by molar-refractivity contribution is 5.53. The van der Waals surface area contributed by atoms with Crippen molar-refractivity contribution in [2.24, 2.45) is 0 Å². The summed E-state index contributed by atoms with van der Waals surface area (Å²) in [6, 6.07) is 8.83. The fourth-order valence-corrected chi connectivity index (χ4v) is 2.68. The second kappa shape index (κ2) is 7.28. The van der Waals surface area contributed by atoms with Gasteiger partial charge in [0.15, 0.2) is 0 Å². The first-order valence-corrected chi connectivity index (χ1v) is 7.22. The standard InChI is InChI=1S/C16H23N3O/c1-13-10-16(6-5-14(13)11-17)19(8-9-20-2)12-15-4-3-7-18-15/h5-6,10,15,18H,3-4,7-9,12H2,1-2H3. The molecule has 1 unspecified atom stereocenters. The second-order valence-corrected chi connectivity index (χ2v) is 5.34. The molecule has 0 amide bonds. The van der Waals surface area contributed by atoms with E-state index in [-0.39, 0.29) is 0 Å². The van der Waals surface area contributed by atoms with E-state index < -0.39 is 0 Å². The van der Waals surface area contributed by atoms with Crippen LogP contribution in [0.4, 0.5) is 5.69 Å². The summed E-state index contributed by atoms with van der Waals surface area (Å²) < 4.78 is 5.22. The summed E-state index contributed by atoms with van der Waals surface area (Å²) in [7, 11) is 1.73. The number of hydrogen-bond donors (Lipinski definition) is 1. The zero-order valence-corrected chi connectivity index (χ0v) is 12.4. The Kier molecular flexibility index (Phi) is 5.40. The van der Waals surface area contributed by atoms with Gasteiger partial charge in [0.2, 0.25) is 0 Å². The van der Waals surface area contributed by atoms with Crippen molar-refractivity contribution in [2.45, 2.75) is 25.8 Å². The first kappa shape index (κ1) is 14.8. The van der Waals surface area contributed by atoms with E-state index in [4.69, 9.17) is 10.00 Å². The summed E-state index contributed by atoms with van der Waals surface area (Å²) >= 11 is 0. The Bertz CT molecular complexity index is 475. The maximum atomic E-state index is 9.03. The van der Waals surface area contributed by atoms with Gasteiger partial charge >= 0.3 is 0 Å². The Labute approximate surface area is 121 Å². The van der Waals surface area contributed by atoms with Crippen molar-refractivity contribution >= 4 is 5.69 Å². The zero-order chi connectivity index (χ0) is 14.4. The van der Waals surface area contributed by atoms with Crippen LogP contribution in [-0.4, -0.2) is 39.4 Å². The molecule has 1 saturated heterocycles. The lowest BCUT2D eigenvalue weighted by Gasteiger charge is -2.28. The van der Waals surface area contributed by atoms with Crippen LogP contribution < -0.4 is 10.2 Å². The van der Waals surface area contributed by atoms with Gasteiger partial charge in [0, 0.05) is 31.9 Å². The van der Waals surface area contributed by atoms with Crippen LogP contribution in [-0.2, 0) is 4.74 Å². The van der Waals surface area contributed by atoms with Gasteiger partial charge in [-0.25, -0.2) is 0 Å². The van der Waals surface area contributed by atoms with E-state index in [1.54, 1.807) is 7.11 Å². The molecule has 1 aromatic carbocycles. The fourth-order valence-electron chi connectivity index (χ4n) is 2.68. The second-order valence-electron chi connectivity index (χ2n) is 5.34. The maximum absolute atomic E-state index is 9.03. The van der Waals surface area contributed by atoms with Gasteiger partial charge in [-0.3, -0.25) is 0 Å². The Morgan fingerprint density at radius 2 is 2.35 bits per heavy atom. The van der Waals surface area contributed by atoms with Crippen LogP contribution in [0.25, 0.3) is 0 Å². The molecule has 4 heteroatoms. The quantitative estimate of drug-likeness (QED) is 0.862. The molecule has 0 aliphatic carbocycles. The fraction of sp³-hybridized carbons (Fsp3) is 0.562. The van der Waals surface area contributed by atoms with Crippen molar-refractivity contribution in [3.05, 3.63) is 29.3 Å². The lowest BCUT2D eigenvalue weighted by Crippen LogP contribution is -2.39. The van der Waals surface area contributed by atoms with Crippen LogP contribution >= 0.6 is 0 Å².